The molecule has 0 bridgehead atoms. The van der Waals surface area contributed by atoms with Gasteiger partial charge >= 0.3 is 0 Å². The van der Waals surface area contributed by atoms with Gasteiger partial charge in [-0.2, -0.15) is 0 Å². The van der Waals surface area contributed by atoms with Crippen molar-refractivity contribution in [3.8, 4) is 11.1 Å². The van der Waals surface area contributed by atoms with E-state index in [9.17, 15) is 0 Å². The first-order valence-corrected chi connectivity index (χ1v) is 24.1. The van der Waals surface area contributed by atoms with Gasteiger partial charge in [0.2, 0.25) is 0 Å². The van der Waals surface area contributed by atoms with E-state index in [0.29, 0.717) is 0 Å². The standard InChI is InChI=1S/C14H14.3C12H12.C10H14.C8H10/c1-11-3-7-13(8-4-11)14-9-5-12(2)6-10-14;1-9-3-5-12-8-10(2)4-6-11(12)7-9;1-9-5-3-8-12-10(2)6-4-7-11(9)12;1-9-7-8-10(2)12-6-4-3-5-11(9)12;1-7-5-9(3)10(4)6-8(7)2;1-7-3-5-8(2)6-4-7/h3-10H,1-2H3;3*3-8H,1-2H3;5-6H,1-4H3;3-6H,1-2H3. The van der Waals surface area contributed by atoms with Gasteiger partial charge in [-0.05, 0) is 185 Å². The third kappa shape index (κ3) is 15.5. The second kappa shape index (κ2) is 25.2. The molecule has 0 spiro atoms. The number of benzene rings is 10. The minimum absolute atomic E-state index is 1.29. The van der Waals surface area contributed by atoms with Crippen LogP contribution in [-0.2, 0) is 0 Å². The second-order valence-electron chi connectivity index (χ2n) is 18.8. The van der Waals surface area contributed by atoms with E-state index in [1.165, 1.54) is 121 Å². The van der Waals surface area contributed by atoms with Crippen LogP contribution in [0, 0.1) is 96.9 Å². The Hall–Kier alpha value is -7.02. The van der Waals surface area contributed by atoms with Crippen molar-refractivity contribution >= 4 is 32.3 Å². The van der Waals surface area contributed by atoms with Gasteiger partial charge < -0.3 is 0 Å². The van der Waals surface area contributed by atoms with E-state index in [0.717, 1.165) is 0 Å². The monoisotopic (exact) mass is 891 g/mol. The number of aryl methyl sites for hydroxylation is 14. The lowest BCUT2D eigenvalue weighted by molar-refractivity contribution is 1.24. The van der Waals surface area contributed by atoms with Crippen LogP contribution in [0.15, 0.2) is 194 Å². The van der Waals surface area contributed by atoms with Crippen LogP contribution in [-0.4, -0.2) is 0 Å². The van der Waals surface area contributed by atoms with Crippen LogP contribution in [0.3, 0.4) is 0 Å². The predicted octanol–water partition coefficient (Wildman–Crippen LogP) is 19.6. The fourth-order valence-electron chi connectivity index (χ4n) is 7.94. The van der Waals surface area contributed by atoms with E-state index in [4.69, 9.17) is 0 Å². The number of fused-ring (bicyclic) bond motifs is 3. The second-order valence-corrected chi connectivity index (χ2v) is 18.8. The molecular weight excluding hydrogens is 817 g/mol. The summed E-state index contributed by atoms with van der Waals surface area (Å²) in [6, 6.07) is 69.1. The van der Waals surface area contributed by atoms with E-state index < -0.39 is 0 Å². The summed E-state index contributed by atoms with van der Waals surface area (Å²) in [5, 5.41) is 8.16. The minimum Gasteiger partial charge on any atom is -0.0616 e. The van der Waals surface area contributed by atoms with Crippen LogP contribution in [0.5, 0.6) is 0 Å². The molecule has 0 N–H and O–H groups in total. The Balaban J connectivity index is 0.000000154. The third-order valence-electron chi connectivity index (χ3n) is 12.6. The Kier molecular flexibility index (Phi) is 19.3. The first kappa shape index (κ1) is 52.0. The maximum atomic E-state index is 2.24. The smallest absolute Gasteiger partial charge is 0.0152 e. The van der Waals surface area contributed by atoms with E-state index in [1.807, 2.05) is 0 Å². The van der Waals surface area contributed by atoms with Gasteiger partial charge in [0.1, 0.15) is 0 Å². The van der Waals surface area contributed by atoms with Gasteiger partial charge in [-0.25, -0.2) is 0 Å². The summed E-state index contributed by atoms with van der Waals surface area (Å²) in [6.07, 6.45) is 0. The van der Waals surface area contributed by atoms with Gasteiger partial charge in [0.05, 0.1) is 0 Å². The molecule has 0 atom stereocenters. The van der Waals surface area contributed by atoms with Gasteiger partial charge in [0, 0.05) is 0 Å². The molecule has 0 aromatic heterocycles. The predicted molar refractivity (Wildman–Crippen MR) is 303 cm³/mol. The molecule has 0 saturated carbocycles. The quantitative estimate of drug-likeness (QED) is 0.154. The minimum atomic E-state index is 1.29. The topological polar surface area (TPSA) is 0 Å². The lowest BCUT2D eigenvalue weighted by Gasteiger charge is -2.04. The van der Waals surface area contributed by atoms with Crippen LogP contribution in [0.2, 0.25) is 0 Å². The molecule has 10 aromatic rings. The summed E-state index contributed by atoms with van der Waals surface area (Å²) in [4.78, 5) is 0. The zero-order valence-corrected chi connectivity index (χ0v) is 43.5. The lowest BCUT2D eigenvalue weighted by Crippen LogP contribution is -1.86. The van der Waals surface area contributed by atoms with Crippen LogP contribution < -0.4 is 0 Å². The molecule has 346 valence electrons. The zero-order valence-electron chi connectivity index (χ0n) is 43.5. The van der Waals surface area contributed by atoms with E-state index in [2.05, 4.69) is 291 Å². The summed E-state index contributed by atoms with van der Waals surface area (Å²) in [7, 11) is 0. The molecule has 0 amide bonds. The van der Waals surface area contributed by atoms with Crippen molar-refractivity contribution in [3.05, 3.63) is 272 Å². The Morgan fingerprint density at radius 3 is 0.735 bits per heavy atom. The summed E-state index contributed by atoms with van der Waals surface area (Å²) >= 11 is 0. The molecule has 10 aromatic carbocycles. The van der Waals surface area contributed by atoms with Crippen LogP contribution in [0.1, 0.15) is 77.9 Å². The fourth-order valence-corrected chi connectivity index (χ4v) is 7.94. The largest absolute Gasteiger partial charge is 0.0616 e. The Morgan fingerprint density at radius 2 is 0.426 bits per heavy atom. The van der Waals surface area contributed by atoms with E-state index in [-0.39, 0.29) is 0 Å². The van der Waals surface area contributed by atoms with Crippen molar-refractivity contribution < 1.29 is 0 Å². The first-order chi connectivity index (χ1) is 32.5. The molecule has 0 nitrogen and oxygen atoms in total. The average Bonchev–Trinajstić information content (AvgIpc) is 3.33. The molecule has 0 unspecified atom stereocenters. The highest BCUT2D eigenvalue weighted by atomic mass is 14.0. The van der Waals surface area contributed by atoms with Gasteiger partial charge in [0.25, 0.3) is 0 Å². The number of hydrogen-bond donors (Lipinski definition) is 0. The average molecular weight is 891 g/mol. The number of rotatable bonds is 1. The molecule has 0 heterocycles. The molecule has 68 heavy (non-hydrogen) atoms. The van der Waals surface area contributed by atoms with Crippen LogP contribution in [0.4, 0.5) is 0 Å². The van der Waals surface area contributed by atoms with Crippen molar-refractivity contribution in [2.75, 3.05) is 0 Å². The summed E-state index contributed by atoms with van der Waals surface area (Å²) in [5.74, 6) is 0. The van der Waals surface area contributed by atoms with Crippen molar-refractivity contribution in [2.24, 2.45) is 0 Å². The van der Waals surface area contributed by atoms with Crippen molar-refractivity contribution in [1.29, 1.82) is 0 Å². The van der Waals surface area contributed by atoms with Gasteiger partial charge in [-0.3, -0.25) is 0 Å². The highest BCUT2D eigenvalue weighted by molar-refractivity contribution is 5.89. The van der Waals surface area contributed by atoms with Gasteiger partial charge in [-0.15, -0.1) is 0 Å². The molecule has 0 aliphatic carbocycles. The Morgan fingerprint density at radius 1 is 0.176 bits per heavy atom. The molecule has 0 saturated heterocycles. The highest BCUT2D eigenvalue weighted by Gasteiger charge is 2.00. The Bertz CT molecular complexity index is 2890. The van der Waals surface area contributed by atoms with E-state index in [1.54, 1.807) is 0 Å². The molecule has 0 heteroatoms. The molecule has 0 aliphatic heterocycles. The van der Waals surface area contributed by atoms with Crippen molar-refractivity contribution in [1.82, 2.24) is 0 Å². The van der Waals surface area contributed by atoms with E-state index >= 15 is 0 Å². The summed E-state index contributed by atoms with van der Waals surface area (Å²) < 4.78 is 0. The molecular formula is C68H74. The van der Waals surface area contributed by atoms with Gasteiger partial charge in [-0.1, -0.05) is 228 Å². The van der Waals surface area contributed by atoms with Crippen LogP contribution in [0.25, 0.3) is 43.4 Å². The Labute approximate surface area is 410 Å². The molecule has 0 aliphatic rings. The maximum absolute atomic E-state index is 2.24. The first-order valence-electron chi connectivity index (χ1n) is 24.1. The molecule has 0 fully saturated rings. The summed E-state index contributed by atoms with van der Waals surface area (Å²) in [5.41, 5.74) is 21.5. The maximum Gasteiger partial charge on any atom is -0.0152 e. The van der Waals surface area contributed by atoms with Crippen molar-refractivity contribution in [3.63, 3.8) is 0 Å². The van der Waals surface area contributed by atoms with Crippen molar-refractivity contribution in [2.45, 2.75) is 96.9 Å². The molecule has 0 radical (unpaired) electrons. The van der Waals surface area contributed by atoms with Crippen LogP contribution >= 0.6 is 0 Å². The SMILES string of the molecule is Cc1cc(C)c(C)cc1C.Cc1ccc(-c2ccc(C)cc2)cc1.Cc1ccc(C)c2ccccc12.Cc1ccc(C)cc1.Cc1ccc2cc(C)ccc2c1.Cc1cccc2c(C)cccc12. The normalized spacial score (nSPS) is 10.2. The third-order valence-corrected chi connectivity index (χ3v) is 12.6. The number of hydrogen-bond acceptors (Lipinski definition) is 0. The fraction of sp³-hybridized carbons (Fsp3) is 0.206. The lowest BCUT2D eigenvalue weighted by atomic mass is 10.0. The molecule has 10 rings (SSSR count). The highest BCUT2D eigenvalue weighted by Crippen LogP contribution is 2.23. The summed E-state index contributed by atoms with van der Waals surface area (Å²) in [6.45, 7) is 29.9. The van der Waals surface area contributed by atoms with Gasteiger partial charge in [0.15, 0.2) is 0 Å². The zero-order chi connectivity index (χ0) is 49.3.